The van der Waals surface area contributed by atoms with Crippen LogP contribution in [0.15, 0.2) is 36.2 Å². The molecular formula is C12H15N3O3. The first-order chi connectivity index (χ1) is 8.77. The van der Waals surface area contributed by atoms with Gasteiger partial charge in [-0.1, -0.05) is 12.1 Å². The number of hydrogen-bond donors (Lipinski definition) is 2. The second-order valence-corrected chi connectivity index (χ2v) is 3.51. The van der Waals surface area contributed by atoms with E-state index in [1.54, 1.807) is 25.2 Å². The number of methoxy groups -OCH3 is 1. The van der Waals surface area contributed by atoms with E-state index in [1.165, 1.54) is 0 Å². The van der Waals surface area contributed by atoms with Gasteiger partial charge in [0.25, 0.3) is 0 Å². The van der Waals surface area contributed by atoms with Crippen molar-refractivity contribution in [1.29, 1.82) is 0 Å². The minimum atomic E-state index is -0.402. The van der Waals surface area contributed by atoms with Crippen LogP contribution < -0.4 is 20.7 Å². The van der Waals surface area contributed by atoms with E-state index in [2.05, 4.69) is 11.0 Å². The average Bonchev–Trinajstić information content (AvgIpc) is 2.88. The van der Waals surface area contributed by atoms with Crippen molar-refractivity contribution in [2.75, 3.05) is 18.7 Å². The third-order valence-corrected chi connectivity index (χ3v) is 2.44. The molecule has 0 spiro atoms. The molecule has 1 aliphatic rings. The standard InChI is InChI=1S/C12H15N3O3/c1-3-18-12(16)10-8-13-14-15(10)9-6-4-5-7-11(9)17-2/h4-8,13-14H,3H2,1-2H3. The van der Waals surface area contributed by atoms with Crippen molar-refractivity contribution in [3.8, 4) is 5.75 Å². The summed E-state index contributed by atoms with van der Waals surface area (Å²) >= 11 is 0. The number of rotatable bonds is 4. The van der Waals surface area contributed by atoms with Crippen molar-refractivity contribution in [3.63, 3.8) is 0 Å². The second-order valence-electron chi connectivity index (χ2n) is 3.51. The van der Waals surface area contributed by atoms with Crippen molar-refractivity contribution >= 4 is 11.7 Å². The van der Waals surface area contributed by atoms with Gasteiger partial charge in [-0.3, -0.25) is 0 Å². The van der Waals surface area contributed by atoms with Crippen molar-refractivity contribution in [2.45, 2.75) is 6.92 Å². The van der Waals surface area contributed by atoms with Gasteiger partial charge in [-0.15, -0.1) is 5.53 Å². The highest BCUT2D eigenvalue weighted by Gasteiger charge is 2.26. The molecule has 0 bridgehead atoms. The molecule has 6 nitrogen and oxygen atoms in total. The summed E-state index contributed by atoms with van der Waals surface area (Å²) in [6.45, 7) is 2.09. The van der Waals surface area contributed by atoms with Crippen LogP contribution in [0.2, 0.25) is 0 Å². The summed E-state index contributed by atoms with van der Waals surface area (Å²) in [6, 6.07) is 7.38. The number of ether oxygens (including phenoxy) is 2. The molecule has 96 valence electrons. The van der Waals surface area contributed by atoms with Crippen LogP contribution in [0.4, 0.5) is 5.69 Å². The molecular weight excluding hydrogens is 234 g/mol. The maximum atomic E-state index is 11.8. The van der Waals surface area contributed by atoms with E-state index in [0.717, 1.165) is 5.69 Å². The molecule has 2 rings (SSSR count). The van der Waals surface area contributed by atoms with Gasteiger partial charge in [0, 0.05) is 6.20 Å². The predicted molar refractivity (Wildman–Crippen MR) is 66.5 cm³/mol. The van der Waals surface area contributed by atoms with Crippen molar-refractivity contribution in [1.82, 2.24) is 11.0 Å². The maximum absolute atomic E-state index is 11.8. The first-order valence-corrected chi connectivity index (χ1v) is 5.59. The molecule has 1 heterocycles. The largest absolute Gasteiger partial charge is 0.495 e. The molecule has 2 N–H and O–H groups in total. The van der Waals surface area contributed by atoms with Crippen LogP contribution in [0.5, 0.6) is 5.75 Å². The van der Waals surface area contributed by atoms with Crippen LogP contribution in [0.1, 0.15) is 6.92 Å². The van der Waals surface area contributed by atoms with E-state index in [9.17, 15) is 4.79 Å². The molecule has 0 amide bonds. The molecule has 1 aromatic rings. The van der Waals surface area contributed by atoms with Gasteiger partial charge >= 0.3 is 5.97 Å². The zero-order valence-corrected chi connectivity index (χ0v) is 10.3. The molecule has 0 atom stereocenters. The van der Waals surface area contributed by atoms with Crippen molar-refractivity contribution in [3.05, 3.63) is 36.2 Å². The molecule has 0 radical (unpaired) electrons. The lowest BCUT2D eigenvalue weighted by atomic mass is 10.2. The monoisotopic (exact) mass is 249 g/mol. The number of nitrogens with zero attached hydrogens (tertiary/aromatic N) is 1. The molecule has 18 heavy (non-hydrogen) atoms. The summed E-state index contributed by atoms with van der Waals surface area (Å²) in [5, 5.41) is 1.58. The van der Waals surface area contributed by atoms with Crippen molar-refractivity contribution in [2.24, 2.45) is 0 Å². The zero-order chi connectivity index (χ0) is 13.0. The van der Waals surface area contributed by atoms with Gasteiger partial charge in [-0.2, -0.15) is 0 Å². The first kappa shape index (κ1) is 12.3. The summed E-state index contributed by atoms with van der Waals surface area (Å²) in [5.74, 6) is 0.254. The number of esters is 1. The van der Waals surface area contributed by atoms with Gasteiger partial charge in [0.05, 0.1) is 13.7 Å². The lowest BCUT2D eigenvalue weighted by Crippen LogP contribution is -2.39. The molecule has 0 aliphatic carbocycles. The molecule has 1 aromatic carbocycles. The fourth-order valence-corrected chi connectivity index (χ4v) is 1.65. The molecule has 0 fully saturated rings. The number of nitrogens with one attached hydrogen (secondary N) is 2. The van der Waals surface area contributed by atoms with Crippen LogP contribution >= 0.6 is 0 Å². The highest BCUT2D eigenvalue weighted by Crippen LogP contribution is 2.29. The smallest absolute Gasteiger partial charge is 0.358 e. The third-order valence-electron chi connectivity index (χ3n) is 2.44. The van der Waals surface area contributed by atoms with Crippen LogP contribution in [0, 0.1) is 0 Å². The van der Waals surface area contributed by atoms with Gasteiger partial charge < -0.3 is 14.9 Å². The Balaban J connectivity index is 2.28. The van der Waals surface area contributed by atoms with E-state index >= 15 is 0 Å². The molecule has 6 heteroatoms. The van der Waals surface area contributed by atoms with E-state index in [1.807, 2.05) is 24.3 Å². The van der Waals surface area contributed by atoms with E-state index < -0.39 is 5.97 Å². The molecule has 0 saturated heterocycles. The van der Waals surface area contributed by atoms with E-state index in [4.69, 9.17) is 9.47 Å². The van der Waals surface area contributed by atoms with Crippen molar-refractivity contribution < 1.29 is 14.3 Å². The normalized spacial score (nSPS) is 13.9. The Bertz CT molecular complexity index is 473. The van der Waals surface area contributed by atoms with Gasteiger partial charge in [-0.25, -0.2) is 9.80 Å². The lowest BCUT2D eigenvalue weighted by Gasteiger charge is -2.21. The summed E-state index contributed by atoms with van der Waals surface area (Å²) in [5.41, 5.74) is 6.72. The van der Waals surface area contributed by atoms with Gasteiger partial charge in [0.1, 0.15) is 11.4 Å². The minimum Gasteiger partial charge on any atom is -0.495 e. The molecule has 0 aromatic heterocycles. The topological polar surface area (TPSA) is 62.8 Å². The van der Waals surface area contributed by atoms with Crippen LogP contribution in [-0.4, -0.2) is 19.7 Å². The quantitative estimate of drug-likeness (QED) is 0.774. The minimum absolute atomic E-state index is 0.329. The Kier molecular flexibility index (Phi) is 3.69. The summed E-state index contributed by atoms with van der Waals surface area (Å²) < 4.78 is 10.2. The third kappa shape index (κ3) is 2.23. The number of carbonyl (C=O) groups excluding carboxylic acids is 1. The predicted octanol–water partition coefficient (Wildman–Crippen LogP) is 0.929. The van der Waals surface area contributed by atoms with E-state index in [0.29, 0.717) is 18.1 Å². The highest BCUT2D eigenvalue weighted by atomic mass is 16.5. The van der Waals surface area contributed by atoms with E-state index in [-0.39, 0.29) is 0 Å². The van der Waals surface area contributed by atoms with Gasteiger partial charge in [0.2, 0.25) is 0 Å². The Morgan fingerprint density at radius 3 is 2.89 bits per heavy atom. The SMILES string of the molecule is CCOC(=O)C1=CNNN1c1ccccc1OC. The number of anilines is 1. The van der Waals surface area contributed by atoms with Crippen LogP contribution in [0.3, 0.4) is 0 Å². The molecule has 1 aliphatic heterocycles. The Morgan fingerprint density at radius 1 is 1.39 bits per heavy atom. The molecule has 0 unspecified atom stereocenters. The van der Waals surface area contributed by atoms with Crippen LogP contribution in [0.25, 0.3) is 0 Å². The fourth-order valence-electron chi connectivity index (χ4n) is 1.65. The highest BCUT2D eigenvalue weighted by molar-refractivity contribution is 5.93. The summed E-state index contributed by atoms with van der Waals surface area (Å²) in [6.07, 6.45) is 1.55. The summed E-state index contributed by atoms with van der Waals surface area (Å²) in [4.78, 5) is 11.8. The number of carbonyl (C=O) groups is 1. The number of benzene rings is 1. The number of hydrogen-bond acceptors (Lipinski definition) is 6. The van der Waals surface area contributed by atoms with Gasteiger partial charge in [0.15, 0.2) is 5.70 Å². The number of para-hydroxylation sites is 2. The zero-order valence-electron chi connectivity index (χ0n) is 10.3. The fraction of sp³-hybridized carbons (Fsp3) is 0.250. The number of hydrazine groups is 2. The first-order valence-electron chi connectivity index (χ1n) is 5.59. The molecule has 0 saturated carbocycles. The van der Waals surface area contributed by atoms with Gasteiger partial charge in [-0.05, 0) is 19.1 Å². The Morgan fingerprint density at radius 2 is 2.17 bits per heavy atom. The van der Waals surface area contributed by atoms with Crippen LogP contribution in [-0.2, 0) is 9.53 Å². The average molecular weight is 249 g/mol. The maximum Gasteiger partial charge on any atom is 0.358 e. The Labute approximate surface area is 105 Å². The second kappa shape index (κ2) is 5.42. The lowest BCUT2D eigenvalue weighted by molar-refractivity contribution is -0.138. The Hall–Kier alpha value is -2.21. The summed E-state index contributed by atoms with van der Waals surface area (Å²) in [7, 11) is 1.58.